The van der Waals surface area contributed by atoms with Crippen molar-refractivity contribution in [3.63, 3.8) is 0 Å². The van der Waals surface area contributed by atoms with E-state index in [0.717, 1.165) is 47.1 Å². The lowest BCUT2D eigenvalue weighted by molar-refractivity contribution is -0.131. The Labute approximate surface area is 249 Å². The smallest absolute Gasteiger partial charge is 0.318 e. The number of ether oxygens (including phenoxy) is 1. The van der Waals surface area contributed by atoms with Crippen LogP contribution in [-0.4, -0.2) is 89.1 Å². The lowest BCUT2D eigenvalue weighted by Gasteiger charge is -2.42. The molecule has 2 fully saturated rings. The number of pyridine rings is 1. The molecule has 0 spiro atoms. The summed E-state index contributed by atoms with van der Waals surface area (Å²) < 4.78 is 34.2. The number of hydrogen-bond donors (Lipinski definition) is 0. The van der Waals surface area contributed by atoms with E-state index in [0.29, 0.717) is 45.0 Å². The Morgan fingerprint density at radius 2 is 2.02 bits per heavy atom. The molecule has 2 aromatic heterocycles. The fourth-order valence-electron chi connectivity index (χ4n) is 6.40. The fraction of sp³-hybridized carbons (Fsp3) is 0.452. The number of anilines is 2. The number of nitriles is 1. The van der Waals surface area contributed by atoms with Gasteiger partial charge in [-0.25, -0.2) is 8.78 Å². The van der Waals surface area contributed by atoms with Crippen molar-refractivity contribution >= 4 is 28.2 Å². The van der Waals surface area contributed by atoms with E-state index in [1.165, 1.54) is 17.0 Å². The van der Waals surface area contributed by atoms with Crippen LogP contribution >= 0.6 is 0 Å². The Bertz CT molecular complexity index is 1590. The summed E-state index contributed by atoms with van der Waals surface area (Å²) in [5.74, 6) is -1.43. The summed E-state index contributed by atoms with van der Waals surface area (Å²) >= 11 is 0. The zero-order chi connectivity index (χ0) is 30.1. The van der Waals surface area contributed by atoms with Crippen molar-refractivity contribution in [2.24, 2.45) is 0 Å². The molecule has 12 heteroatoms. The molecule has 0 radical (unpaired) electrons. The average Bonchev–Trinajstić information content (AvgIpc) is 3.43. The van der Waals surface area contributed by atoms with Gasteiger partial charge in [0, 0.05) is 54.8 Å². The van der Waals surface area contributed by atoms with Crippen LogP contribution in [0.25, 0.3) is 10.8 Å². The molecule has 10 nitrogen and oxygen atoms in total. The lowest BCUT2D eigenvalue weighted by atomic mass is 10.0. The number of aromatic nitrogens is 3. The standard InChI is InChI=1S/C31H34F2N8O2/c1-20(32)30(42)41-13-12-40(17-23(41)7-9-34)29-25-8-11-39(28-16-35-15-21-5-6-22(33)14-26(21)28)18-27(25)36-31(37-29)43-19-24-4-3-10-38(24)2/h5-6,14-16,23-24H,1,3-4,7-8,10-13,17-19H2,2H3/t23?,24-/m0/s1. The van der Waals surface area contributed by atoms with Crippen LogP contribution in [0.2, 0.25) is 0 Å². The second-order valence-electron chi connectivity index (χ2n) is 11.4. The first kappa shape index (κ1) is 28.7. The highest BCUT2D eigenvalue weighted by molar-refractivity contribution is 5.93. The fourth-order valence-corrected chi connectivity index (χ4v) is 6.40. The van der Waals surface area contributed by atoms with Crippen LogP contribution in [0.4, 0.5) is 20.3 Å². The molecule has 0 bridgehead atoms. The quantitative estimate of drug-likeness (QED) is 0.383. The van der Waals surface area contributed by atoms with Crippen LogP contribution in [0, 0.1) is 17.1 Å². The number of nitrogens with zero attached hydrogens (tertiary/aromatic N) is 8. The number of benzene rings is 1. The normalized spacial score (nSPS) is 20.7. The van der Waals surface area contributed by atoms with Crippen molar-refractivity contribution in [3.8, 4) is 12.1 Å². The molecular formula is C31H34F2N8O2. The van der Waals surface area contributed by atoms with Crippen molar-refractivity contribution in [3.05, 3.63) is 60.1 Å². The van der Waals surface area contributed by atoms with Gasteiger partial charge in [-0.15, -0.1) is 0 Å². The molecule has 3 aliphatic rings. The number of piperazine rings is 1. The number of amides is 1. The minimum absolute atomic E-state index is 0.0542. The zero-order valence-electron chi connectivity index (χ0n) is 24.2. The number of rotatable bonds is 7. The highest BCUT2D eigenvalue weighted by Crippen LogP contribution is 2.35. The minimum atomic E-state index is -1.04. The molecule has 0 aliphatic carbocycles. The van der Waals surface area contributed by atoms with Crippen molar-refractivity contribution in [1.82, 2.24) is 24.8 Å². The largest absolute Gasteiger partial charge is 0.462 e. The highest BCUT2D eigenvalue weighted by Gasteiger charge is 2.35. The maximum Gasteiger partial charge on any atom is 0.318 e. The van der Waals surface area contributed by atoms with Gasteiger partial charge >= 0.3 is 6.01 Å². The molecule has 2 atom stereocenters. The second kappa shape index (κ2) is 12.1. The summed E-state index contributed by atoms with van der Waals surface area (Å²) in [4.78, 5) is 34.4. The Morgan fingerprint density at radius 3 is 2.79 bits per heavy atom. The number of likely N-dealkylation sites (tertiary alicyclic amines) is 1. The van der Waals surface area contributed by atoms with Gasteiger partial charge in [-0.1, -0.05) is 6.58 Å². The summed E-state index contributed by atoms with van der Waals surface area (Å²) in [5.41, 5.74) is 2.59. The molecule has 6 rings (SSSR count). The number of fused-ring (bicyclic) bond motifs is 2. The summed E-state index contributed by atoms with van der Waals surface area (Å²) in [6, 6.07) is 6.85. The van der Waals surface area contributed by atoms with E-state index in [-0.39, 0.29) is 30.8 Å². The topological polar surface area (TPSA) is 102 Å². The van der Waals surface area contributed by atoms with Gasteiger partial charge in [-0.05, 0) is 51.1 Å². The van der Waals surface area contributed by atoms with Crippen molar-refractivity contribution in [2.75, 3.05) is 56.2 Å². The van der Waals surface area contributed by atoms with Crippen LogP contribution in [0.3, 0.4) is 0 Å². The molecule has 3 aromatic rings. The van der Waals surface area contributed by atoms with Crippen LogP contribution in [0.15, 0.2) is 43.0 Å². The molecule has 3 aliphatic heterocycles. The third-order valence-corrected chi connectivity index (χ3v) is 8.74. The predicted molar refractivity (Wildman–Crippen MR) is 158 cm³/mol. The Hall–Kier alpha value is -4.37. The number of carbonyl (C=O) groups is 1. The van der Waals surface area contributed by atoms with E-state index in [2.05, 4.69) is 34.5 Å². The third-order valence-electron chi connectivity index (χ3n) is 8.74. The van der Waals surface area contributed by atoms with E-state index >= 15 is 0 Å². The molecule has 0 N–H and O–H groups in total. The molecule has 43 heavy (non-hydrogen) atoms. The van der Waals surface area contributed by atoms with Crippen LogP contribution in [0.5, 0.6) is 6.01 Å². The van der Waals surface area contributed by atoms with E-state index in [1.54, 1.807) is 18.5 Å². The van der Waals surface area contributed by atoms with Gasteiger partial charge in [0.15, 0.2) is 5.83 Å². The number of hydrogen-bond acceptors (Lipinski definition) is 9. The summed E-state index contributed by atoms with van der Waals surface area (Å²) in [6.45, 7) is 6.68. The molecule has 1 unspecified atom stereocenters. The average molecular weight is 589 g/mol. The molecule has 1 aromatic carbocycles. The number of halogens is 2. The highest BCUT2D eigenvalue weighted by atomic mass is 19.1. The Balaban J connectivity index is 1.33. The summed E-state index contributed by atoms with van der Waals surface area (Å²) in [6.07, 6.45) is 6.30. The third kappa shape index (κ3) is 5.82. The Morgan fingerprint density at radius 1 is 1.16 bits per heavy atom. The van der Waals surface area contributed by atoms with Gasteiger partial charge in [-0.2, -0.15) is 15.2 Å². The zero-order valence-corrected chi connectivity index (χ0v) is 24.2. The second-order valence-corrected chi connectivity index (χ2v) is 11.4. The molecular weight excluding hydrogens is 554 g/mol. The number of carbonyl (C=O) groups excluding carboxylic acids is 1. The molecule has 2 saturated heterocycles. The minimum Gasteiger partial charge on any atom is -0.462 e. The van der Waals surface area contributed by atoms with Gasteiger partial charge in [-0.3, -0.25) is 9.78 Å². The van der Waals surface area contributed by atoms with Gasteiger partial charge in [0.05, 0.1) is 42.7 Å². The van der Waals surface area contributed by atoms with Gasteiger partial charge in [0.1, 0.15) is 18.2 Å². The van der Waals surface area contributed by atoms with Gasteiger partial charge in [0.25, 0.3) is 5.91 Å². The van der Waals surface area contributed by atoms with Crippen LogP contribution < -0.4 is 14.5 Å². The maximum absolute atomic E-state index is 14.2. The van der Waals surface area contributed by atoms with Crippen LogP contribution in [-0.2, 0) is 17.8 Å². The lowest BCUT2D eigenvalue weighted by Crippen LogP contribution is -2.55. The molecule has 1 amide bonds. The van der Waals surface area contributed by atoms with Gasteiger partial charge < -0.3 is 24.3 Å². The first-order valence-corrected chi connectivity index (χ1v) is 14.6. The van der Waals surface area contributed by atoms with E-state index in [9.17, 15) is 18.8 Å². The molecule has 0 saturated carbocycles. The first-order chi connectivity index (χ1) is 20.8. The SMILES string of the molecule is C=C(F)C(=O)N1CCN(c2nc(OC[C@@H]3CCCN3C)nc3c2CCN(c2cncc4ccc(F)cc24)C3)CC1CC#N. The maximum atomic E-state index is 14.2. The monoisotopic (exact) mass is 588 g/mol. The predicted octanol–water partition coefficient (Wildman–Crippen LogP) is 3.61. The van der Waals surface area contributed by atoms with E-state index in [4.69, 9.17) is 14.7 Å². The van der Waals surface area contributed by atoms with Crippen LogP contribution in [0.1, 0.15) is 30.5 Å². The molecule has 5 heterocycles. The van der Waals surface area contributed by atoms with E-state index in [1.807, 2.05) is 4.90 Å². The van der Waals surface area contributed by atoms with Crippen molar-refractivity contribution < 1.29 is 18.3 Å². The Kier molecular flexibility index (Phi) is 8.08. The van der Waals surface area contributed by atoms with E-state index < -0.39 is 17.8 Å². The summed E-state index contributed by atoms with van der Waals surface area (Å²) in [5, 5.41) is 11.1. The number of likely N-dealkylation sites (N-methyl/N-ethyl adjacent to an activating group) is 1. The van der Waals surface area contributed by atoms with Crippen molar-refractivity contribution in [2.45, 2.75) is 44.3 Å². The first-order valence-electron chi connectivity index (χ1n) is 14.6. The molecule has 224 valence electrons. The summed E-state index contributed by atoms with van der Waals surface area (Å²) in [7, 11) is 2.08. The van der Waals surface area contributed by atoms with Gasteiger partial charge in [0.2, 0.25) is 0 Å². The van der Waals surface area contributed by atoms with Crippen molar-refractivity contribution in [1.29, 1.82) is 5.26 Å².